The molecule has 0 unspecified atom stereocenters. The van der Waals surface area contributed by atoms with Crippen LogP contribution in [0.4, 0.5) is 4.79 Å². The highest BCUT2D eigenvalue weighted by molar-refractivity contribution is 5.98. The first-order valence-electron chi connectivity index (χ1n) is 9.90. The van der Waals surface area contributed by atoms with E-state index in [1.807, 2.05) is 59.3 Å². The average Bonchev–Trinajstić information content (AvgIpc) is 3.00. The quantitative estimate of drug-likeness (QED) is 0.694. The summed E-state index contributed by atoms with van der Waals surface area (Å²) in [7, 11) is 5.40. The van der Waals surface area contributed by atoms with Crippen LogP contribution in [0, 0.1) is 5.92 Å². The summed E-state index contributed by atoms with van der Waals surface area (Å²) in [6.07, 6.45) is 5.23. The second kappa shape index (κ2) is 8.35. The van der Waals surface area contributed by atoms with Crippen molar-refractivity contribution >= 4 is 14.1 Å². The van der Waals surface area contributed by atoms with Crippen LogP contribution in [0.2, 0.25) is 0 Å². The highest BCUT2D eigenvalue weighted by Gasteiger charge is 2.39. The zero-order valence-electron chi connectivity index (χ0n) is 18.3. The first kappa shape index (κ1) is 22.6. The number of carbonyl (C=O) groups excluding carboxylic acids is 1. The third-order valence-electron chi connectivity index (χ3n) is 5.44. The summed E-state index contributed by atoms with van der Waals surface area (Å²) in [6.45, 7) is 15.5. The molecule has 2 radical (unpaired) electrons. The lowest BCUT2D eigenvalue weighted by Gasteiger charge is -2.40. The van der Waals surface area contributed by atoms with Crippen LogP contribution < -0.4 is 4.74 Å². The number of likely N-dealkylation sites (tertiary alicyclic amines) is 1. The fourth-order valence-electron chi connectivity index (χ4n) is 2.95. The van der Waals surface area contributed by atoms with E-state index in [0.29, 0.717) is 24.8 Å². The first-order valence-corrected chi connectivity index (χ1v) is 9.90. The summed E-state index contributed by atoms with van der Waals surface area (Å²) in [4.78, 5) is 14.0. The van der Waals surface area contributed by atoms with Gasteiger partial charge in [-0.2, -0.15) is 5.10 Å². The zero-order valence-corrected chi connectivity index (χ0v) is 18.3. The van der Waals surface area contributed by atoms with E-state index in [1.54, 1.807) is 11.1 Å². The number of rotatable bonds is 6. The number of aromatic nitrogens is 2. The van der Waals surface area contributed by atoms with Crippen LogP contribution in [0.1, 0.15) is 61.3 Å². The molecule has 7 nitrogen and oxygen atoms in total. The van der Waals surface area contributed by atoms with Crippen LogP contribution in [0.5, 0.6) is 5.75 Å². The summed E-state index contributed by atoms with van der Waals surface area (Å²) < 4.78 is 18.5. The molecule has 1 aliphatic heterocycles. The van der Waals surface area contributed by atoms with E-state index in [2.05, 4.69) is 5.10 Å². The Bertz CT molecular complexity index is 659. The second-order valence-electron chi connectivity index (χ2n) is 9.55. The van der Waals surface area contributed by atoms with Crippen molar-refractivity contribution in [1.29, 1.82) is 0 Å². The van der Waals surface area contributed by atoms with Gasteiger partial charge in [-0.25, -0.2) is 4.79 Å². The maximum absolute atomic E-state index is 12.2. The van der Waals surface area contributed by atoms with E-state index < -0.39 is 16.8 Å². The smallest absolute Gasteiger partial charge is 0.410 e. The van der Waals surface area contributed by atoms with Gasteiger partial charge >= 0.3 is 6.09 Å². The number of hydrogen-bond donors (Lipinski definition) is 0. The molecule has 0 N–H and O–H groups in total. The zero-order chi connectivity index (χ0) is 21.2. The molecule has 0 bridgehead atoms. The molecule has 1 amide bonds. The third-order valence-corrected chi connectivity index (χ3v) is 5.44. The summed E-state index contributed by atoms with van der Waals surface area (Å²) in [5.74, 6) is 1.14. The van der Waals surface area contributed by atoms with Crippen LogP contribution in [-0.2, 0) is 15.9 Å². The highest BCUT2D eigenvalue weighted by Crippen LogP contribution is 2.30. The van der Waals surface area contributed by atoms with Crippen LogP contribution in [-0.4, -0.2) is 58.7 Å². The lowest BCUT2D eigenvalue weighted by atomic mass is 9.88. The number of carbonyl (C=O) groups is 1. The van der Waals surface area contributed by atoms with Gasteiger partial charge in [-0.1, -0.05) is 0 Å². The Hall–Kier alpha value is -1.70. The molecule has 0 spiro atoms. The molecule has 1 aromatic heterocycles. The Balaban J connectivity index is 1.86. The predicted octanol–water partition coefficient (Wildman–Crippen LogP) is 3.57. The lowest BCUT2D eigenvalue weighted by molar-refractivity contribution is -0.0698. The van der Waals surface area contributed by atoms with Gasteiger partial charge in [-0.05, 0) is 67.2 Å². The number of piperidine rings is 1. The molecular weight excluding hydrogens is 357 g/mol. The fourth-order valence-corrected chi connectivity index (χ4v) is 2.95. The topological polar surface area (TPSA) is 65.8 Å². The Morgan fingerprint density at radius 2 is 1.75 bits per heavy atom. The van der Waals surface area contributed by atoms with E-state index in [1.165, 1.54) is 0 Å². The van der Waals surface area contributed by atoms with Crippen LogP contribution in [0.3, 0.4) is 0 Å². The maximum Gasteiger partial charge on any atom is 0.410 e. The van der Waals surface area contributed by atoms with Gasteiger partial charge in [0.2, 0.25) is 0 Å². The minimum atomic E-state index is -0.649. The summed E-state index contributed by atoms with van der Waals surface area (Å²) in [5, 5.41) is 4.42. The van der Waals surface area contributed by atoms with E-state index in [4.69, 9.17) is 22.2 Å². The van der Waals surface area contributed by atoms with Gasteiger partial charge in [-0.15, -0.1) is 0 Å². The van der Waals surface area contributed by atoms with Gasteiger partial charge in [0.15, 0.2) is 5.75 Å². The van der Waals surface area contributed by atoms with Crippen molar-refractivity contribution in [2.75, 3.05) is 13.1 Å². The van der Waals surface area contributed by atoms with Crippen molar-refractivity contribution in [1.82, 2.24) is 14.7 Å². The molecule has 1 saturated heterocycles. The van der Waals surface area contributed by atoms with E-state index in [-0.39, 0.29) is 6.09 Å². The largest absolute Gasteiger partial charge is 0.482 e. The molecule has 1 aliphatic rings. The highest BCUT2D eigenvalue weighted by atomic mass is 16.6. The average molecular weight is 391 g/mol. The van der Waals surface area contributed by atoms with E-state index in [9.17, 15) is 4.79 Å². The number of nitrogens with zero attached hydrogens (tertiary/aromatic N) is 3. The monoisotopic (exact) mass is 391 g/mol. The predicted molar refractivity (Wildman–Crippen MR) is 108 cm³/mol. The summed E-state index contributed by atoms with van der Waals surface area (Å²) >= 11 is 0. The molecule has 0 atom stereocenters. The Morgan fingerprint density at radius 3 is 2.29 bits per heavy atom. The van der Waals surface area contributed by atoms with Gasteiger partial charge < -0.3 is 19.0 Å². The molecule has 0 aliphatic carbocycles. The van der Waals surface area contributed by atoms with E-state index >= 15 is 0 Å². The van der Waals surface area contributed by atoms with Crippen molar-refractivity contribution in [2.45, 2.75) is 84.7 Å². The fraction of sp³-hybridized carbons (Fsp3) is 0.800. The molecule has 1 aromatic rings. The van der Waals surface area contributed by atoms with Crippen molar-refractivity contribution in [3.05, 3.63) is 12.4 Å². The maximum atomic E-state index is 12.2. The molecule has 28 heavy (non-hydrogen) atoms. The van der Waals surface area contributed by atoms with Gasteiger partial charge in [-0.3, -0.25) is 4.68 Å². The number of hydrogen-bond acceptors (Lipinski definition) is 5. The Morgan fingerprint density at radius 1 is 1.14 bits per heavy atom. The van der Waals surface area contributed by atoms with Crippen molar-refractivity contribution in [3.8, 4) is 5.75 Å². The SMILES string of the molecule is [B]OC(C)(C)C(C)(C)Oc1cnn(CC2CCN(C(=O)OC(C)(C)C)CC2)c1. The Kier molecular flexibility index (Phi) is 6.74. The van der Waals surface area contributed by atoms with Crippen LogP contribution in [0.25, 0.3) is 0 Å². The summed E-state index contributed by atoms with van der Waals surface area (Å²) in [6, 6.07) is 0. The molecule has 0 saturated carbocycles. The third kappa shape index (κ3) is 5.90. The first-order chi connectivity index (χ1) is 12.8. The molecule has 8 heteroatoms. The van der Waals surface area contributed by atoms with Gasteiger partial charge in [0.25, 0.3) is 8.05 Å². The normalized spacial score (nSPS) is 16.9. The van der Waals surface area contributed by atoms with Crippen molar-refractivity contribution in [2.24, 2.45) is 5.92 Å². The number of ether oxygens (including phenoxy) is 2. The molecule has 2 heterocycles. The Labute approximate surface area is 170 Å². The molecule has 2 rings (SSSR count). The molecular formula is C20H34BN3O4. The molecule has 0 aromatic carbocycles. The van der Waals surface area contributed by atoms with Crippen molar-refractivity contribution < 1.29 is 18.9 Å². The minimum absolute atomic E-state index is 0.229. The van der Waals surface area contributed by atoms with Gasteiger partial charge in [0.05, 0.1) is 18.0 Å². The minimum Gasteiger partial charge on any atom is -0.482 e. The summed E-state index contributed by atoms with van der Waals surface area (Å²) in [5.41, 5.74) is -1.73. The lowest BCUT2D eigenvalue weighted by Crippen LogP contribution is -2.51. The molecule has 1 fully saturated rings. The van der Waals surface area contributed by atoms with E-state index in [0.717, 1.165) is 19.4 Å². The van der Waals surface area contributed by atoms with Crippen LogP contribution in [0.15, 0.2) is 12.4 Å². The number of amides is 1. The van der Waals surface area contributed by atoms with Crippen molar-refractivity contribution in [3.63, 3.8) is 0 Å². The van der Waals surface area contributed by atoms with Gasteiger partial charge in [0, 0.05) is 19.6 Å². The second-order valence-corrected chi connectivity index (χ2v) is 9.55. The van der Waals surface area contributed by atoms with Gasteiger partial charge in [0.1, 0.15) is 11.2 Å². The van der Waals surface area contributed by atoms with Crippen LogP contribution >= 0.6 is 0 Å². The molecule has 156 valence electrons. The standard InChI is InChI=1S/C20H34BN3O4/c1-18(2,3)27-17(25)23-10-8-15(9-11-23)13-24-14-16(12-22-24)26-19(4,5)20(6,7)28-21/h12,14-15H,8-11,13H2,1-7H3.